The van der Waals surface area contributed by atoms with Crippen molar-refractivity contribution in [2.45, 2.75) is 83.5 Å². The van der Waals surface area contributed by atoms with Crippen LogP contribution in [0, 0.1) is 0 Å². The summed E-state index contributed by atoms with van der Waals surface area (Å²) < 4.78 is 5.05. The van der Waals surface area contributed by atoms with Crippen LogP contribution in [0.1, 0.15) is 83.5 Å². The molecule has 0 heterocycles. The van der Waals surface area contributed by atoms with E-state index in [-0.39, 0.29) is 19.0 Å². The van der Waals surface area contributed by atoms with Crippen LogP contribution < -0.4 is 0 Å². The molecule has 0 aromatic carbocycles. The zero-order valence-corrected chi connectivity index (χ0v) is 13.7. The van der Waals surface area contributed by atoms with Crippen molar-refractivity contribution in [1.82, 2.24) is 0 Å². The smallest absolute Gasteiger partial charge is 0.305 e. The van der Waals surface area contributed by atoms with Crippen LogP contribution in [-0.2, 0) is 14.3 Å². The lowest BCUT2D eigenvalue weighted by molar-refractivity contribution is -0.144. The number of aliphatic hydroxyl groups excluding tert-OH is 1. The lowest BCUT2D eigenvalue weighted by Gasteiger charge is -2.04. The van der Waals surface area contributed by atoms with Crippen LogP contribution in [0.4, 0.5) is 0 Å². The Hall–Kier alpha value is -1.10. The first-order chi connectivity index (χ1) is 10.7. The van der Waals surface area contributed by atoms with E-state index in [1.807, 2.05) is 0 Å². The number of esters is 1. The van der Waals surface area contributed by atoms with Gasteiger partial charge in [-0.2, -0.15) is 0 Å². The summed E-state index contributed by atoms with van der Waals surface area (Å²) in [6.45, 7) is 0.568. The van der Waals surface area contributed by atoms with E-state index in [0.29, 0.717) is 19.4 Å². The molecule has 0 aromatic heterocycles. The molecule has 0 saturated carbocycles. The molecule has 5 heteroatoms. The van der Waals surface area contributed by atoms with Crippen molar-refractivity contribution >= 4 is 11.9 Å². The van der Waals surface area contributed by atoms with Crippen LogP contribution >= 0.6 is 0 Å². The monoisotopic (exact) mass is 316 g/mol. The fourth-order valence-corrected chi connectivity index (χ4v) is 2.26. The molecule has 0 aliphatic rings. The third-order valence-electron chi connectivity index (χ3n) is 3.59. The van der Waals surface area contributed by atoms with Crippen LogP contribution in [-0.4, -0.2) is 35.4 Å². The number of hydrogen-bond acceptors (Lipinski definition) is 4. The zero-order valence-electron chi connectivity index (χ0n) is 13.7. The first-order valence-electron chi connectivity index (χ1n) is 8.65. The second-order valence-electron chi connectivity index (χ2n) is 5.73. The minimum absolute atomic E-state index is 0.128. The van der Waals surface area contributed by atoms with Gasteiger partial charge in [0.2, 0.25) is 0 Å². The number of aliphatic carboxylic acids is 1. The minimum Gasteiger partial charge on any atom is -0.481 e. The first kappa shape index (κ1) is 20.9. The molecule has 2 N–H and O–H groups in total. The van der Waals surface area contributed by atoms with E-state index in [9.17, 15) is 9.59 Å². The highest BCUT2D eigenvalue weighted by atomic mass is 16.5. The van der Waals surface area contributed by atoms with Gasteiger partial charge in [-0.3, -0.25) is 9.59 Å². The van der Waals surface area contributed by atoms with Gasteiger partial charge in [-0.25, -0.2) is 0 Å². The minimum atomic E-state index is -0.702. The third-order valence-corrected chi connectivity index (χ3v) is 3.59. The number of hydrogen-bond donors (Lipinski definition) is 2. The van der Waals surface area contributed by atoms with Gasteiger partial charge in [-0.15, -0.1) is 0 Å². The fraction of sp³-hybridized carbons (Fsp3) is 0.882. The Morgan fingerprint density at radius 2 is 1.18 bits per heavy atom. The number of carboxylic acids is 1. The van der Waals surface area contributed by atoms with Gasteiger partial charge < -0.3 is 14.9 Å². The summed E-state index contributed by atoms with van der Waals surface area (Å²) in [7, 11) is 0. The summed E-state index contributed by atoms with van der Waals surface area (Å²) in [5.74, 6) is -0.830. The molecular formula is C17H32O5. The highest BCUT2D eigenvalue weighted by molar-refractivity contribution is 5.69. The normalized spacial score (nSPS) is 10.6. The van der Waals surface area contributed by atoms with Gasteiger partial charge in [-0.1, -0.05) is 44.9 Å². The average molecular weight is 316 g/mol. The number of rotatable bonds is 16. The molecule has 0 unspecified atom stereocenters. The fourth-order valence-electron chi connectivity index (χ4n) is 2.26. The predicted molar refractivity (Wildman–Crippen MR) is 85.7 cm³/mol. The Morgan fingerprint density at radius 1 is 0.682 bits per heavy atom. The molecule has 0 radical (unpaired) electrons. The lowest BCUT2D eigenvalue weighted by atomic mass is 10.1. The third kappa shape index (κ3) is 17.0. The van der Waals surface area contributed by atoms with Crippen LogP contribution in [0.5, 0.6) is 0 Å². The van der Waals surface area contributed by atoms with Crippen LogP contribution in [0.2, 0.25) is 0 Å². The maximum absolute atomic E-state index is 11.4. The van der Waals surface area contributed by atoms with Gasteiger partial charge in [0.15, 0.2) is 0 Å². The van der Waals surface area contributed by atoms with E-state index in [1.54, 1.807) is 0 Å². The number of ether oxygens (including phenoxy) is 1. The molecular weight excluding hydrogens is 284 g/mol. The van der Waals surface area contributed by atoms with Gasteiger partial charge >= 0.3 is 11.9 Å². The Bertz CT molecular complexity index is 278. The van der Waals surface area contributed by atoms with Crippen molar-refractivity contribution < 1.29 is 24.5 Å². The van der Waals surface area contributed by atoms with Gasteiger partial charge in [0, 0.05) is 19.4 Å². The molecule has 0 saturated heterocycles. The summed E-state index contributed by atoms with van der Waals surface area (Å²) in [6.07, 6.45) is 11.8. The lowest BCUT2D eigenvalue weighted by Crippen LogP contribution is -2.06. The van der Waals surface area contributed by atoms with Gasteiger partial charge in [-0.05, 0) is 25.7 Å². The van der Waals surface area contributed by atoms with Gasteiger partial charge in [0.1, 0.15) is 0 Å². The molecule has 0 rings (SSSR count). The summed E-state index contributed by atoms with van der Waals surface area (Å²) in [4.78, 5) is 21.7. The van der Waals surface area contributed by atoms with Crippen molar-refractivity contribution in [1.29, 1.82) is 0 Å². The van der Waals surface area contributed by atoms with Crippen molar-refractivity contribution in [3.05, 3.63) is 0 Å². The second kappa shape index (κ2) is 16.3. The summed E-state index contributed by atoms with van der Waals surface area (Å²) in [6, 6.07) is 0. The van der Waals surface area contributed by atoms with Gasteiger partial charge in [0.25, 0.3) is 0 Å². The average Bonchev–Trinajstić information content (AvgIpc) is 2.49. The van der Waals surface area contributed by atoms with E-state index in [4.69, 9.17) is 14.9 Å². The summed E-state index contributed by atoms with van der Waals surface area (Å²) >= 11 is 0. The number of carbonyl (C=O) groups excluding carboxylic acids is 1. The molecule has 0 bridgehead atoms. The van der Waals surface area contributed by atoms with E-state index in [1.165, 1.54) is 19.3 Å². The Balaban J connectivity index is 3.13. The molecule has 5 nitrogen and oxygen atoms in total. The predicted octanol–water partition coefficient (Wildman–Crippen LogP) is 3.68. The zero-order chi connectivity index (χ0) is 16.5. The Morgan fingerprint density at radius 3 is 1.68 bits per heavy atom. The van der Waals surface area contributed by atoms with E-state index < -0.39 is 5.97 Å². The first-order valence-corrected chi connectivity index (χ1v) is 8.65. The topological polar surface area (TPSA) is 83.8 Å². The summed E-state index contributed by atoms with van der Waals surface area (Å²) in [5, 5.41) is 17.1. The van der Waals surface area contributed by atoms with E-state index >= 15 is 0 Å². The Labute approximate surface area is 134 Å². The Kier molecular flexibility index (Phi) is 15.5. The maximum Gasteiger partial charge on any atom is 0.305 e. The van der Waals surface area contributed by atoms with Crippen molar-refractivity contribution in [3.8, 4) is 0 Å². The largest absolute Gasteiger partial charge is 0.481 e. The maximum atomic E-state index is 11.4. The number of aliphatic hydroxyl groups is 1. The molecule has 0 aliphatic heterocycles. The van der Waals surface area contributed by atoms with Crippen molar-refractivity contribution in [2.24, 2.45) is 0 Å². The standard InChI is InChI=1S/C17H32O5/c18-14-10-11-15-22-17(21)13-9-7-5-3-1-2-4-6-8-12-16(19)20/h18H,1-15H2,(H,19,20). The molecule has 0 amide bonds. The van der Waals surface area contributed by atoms with Crippen LogP contribution in [0.15, 0.2) is 0 Å². The van der Waals surface area contributed by atoms with Gasteiger partial charge in [0.05, 0.1) is 6.61 Å². The molecule has 0 fully saturated rings. The SMILES string of the molecule is O=C(O)CCCCCCCCCCCC(=O)OCCCCO. The molecule has 0 spiro atoms. The van der Waals surface area contributed by atoms with Crippen LogP contribution in [0.3, 0.4) is 0 Å². The molecule has 22 heavy (non-hydrogen) atoms. The van der Waals surface area contributed by atoms with E-state index in [2.05, 4.69) is 0 Å². The number of unbranched alkanes of at least 4 members (excludes halogenated alkanes) is 9. The van der Waals surface area contributed by atoms with Crippen molar-refractivity contribution in [2.75, 3.05) is 13.2 Å². The molecule has 0 aliphatic carbocycles. The van der Waals surface area contributed by atoms with E-state index in [0.717, 1.165) is 44.9 Å². The highest BCUT2D eigenvalue weighted by Gasteiger charge is 2.02. The summed E-state index contributed by atoms with van der Waals surface area (Å²) in [5.41, 5.74) is 0. The quantitative estimate of drug-likeness (QED) is 0.335. The van der Waals surface area contributed by atoms with Crippen molar-refractivity contribution in [3.63, 3.8) is 0 Å². The number of carboxylic acid groups (broad SMARTS) is 1. The number of carbonyl (C=O) groups is 2. The second-order valence-corrected chi connectivity index (χ2v) is 5.73. The molecule has 0 atom stereocenters. The molecule has 0 aromatic rings. The highest BCUT2D eigenvalue weighted by Crippen LogP contribution is 2.11. The molecule has 130 valence electrons. The van der Waals surface area contributed by atoms with Crippen LogP contribution in [0.25, 0.3) is 0 Å².